The minimum Gasteiger partial charge on any atom is -0.355 e. The van der Waals surface area contributed by atoms with Crippen molar-refractivity contribution in [2.45, 2.75) is 45.6 Å². The van der Waals surface area contributed by atoms with Gasteiger partial charge in [0.1, 0.15) is 11.4 Å². The van der Waals surface area contributed by atoms with Crippen molar-refractivity contribution in [3.63, 3.8) is 0 Å². The number of aromatic nitrogens is 3. The van der Waals surface area contributed by atoms with Gasteiger partial charge in [0.15, 0.2) is 5.76 Å². The lowest BCUT2D eigenvalue weighted by Crippen LogP contribution is -2.18. The number of hydrogen-bond donors (Lipinski definition) is 1. The summed E-state index contributed by atoms with van der Waals surface area (Å²) < 4.78 is 7.60. The molecule has 6 nitrogen and oxygen atoms in total. The van der Waals surface area contributed by atoms with E-state index in [1.807, 2.05) is 66.7 Å². The van der Waals surface area contributed by atoms with E-state index in [0.717, 1.165) is 52.2 Å². The van der Waals surface area contributed by atoms with Crippen LogP contribution in [0, 0.1) is 0 Å². The molecule has 0 fully saturated rings. The van der Waals surface area contributed by atoms with Gasteiger partial charge >= 0.3 is 0 Å². The van der Waals surface area contributed by atoms with Crippen LogP contribution in [0.1, 0.15) is 53.6 Å². The summed E-state index contributed by atoms with van der Waals surface area (Å²) in [6.45, 7) is 6.83. The van der Waals surface area contributed by atoms with Crippen molar-refractivity contribution in [2.24, 2.45) is 0 Å². The van der Waals surface area contributed by atoms with Crippen molar-refractivity contribution in [1.29, 1.82) is 0 Å². The number of benzene rings is 3. The van der Waals surface area contributed by atoms with Crippen molar-refractivity contribution >= 4 is 11.6 Å². The van der Waals surface area contributed by atoms with Gasteiger partial charge in [0.25, 0.3) is 5.91 Å². The van der Waals surface area contributed by atoms with Gasteiger partial charge in [-0.2, -0.15) is 5.10 Å². The monoisotopic (exact) mass is 502 g/mol. The first-order valence-corrected chi connectivity index (χ1v) is 13.0. The second kappa shape index (κ2) is 9.45. The molecule has 1 aliphatic carbocycles. The van der Waals surface area contributed by atoms with Crippen LogP contribution in [-0.4, -0.2) is 20.8 Å². The maximum Gasteiger partial charge on any atom is 0.273 e. The van der Waals surface area contributed by atoms with E-state index in [9.17, 15) is 4.79 Å². The summed E-state index contributed by atoms with van der Waals surface area (Å²) in [5, 5.41) is 12.2. The van der Waals surface area contributed by atoms with Gasteiger partial charge in [-0.1, -0.05) is 80.5 Å². The average Bonchev–Trinajstić information content (AvgIpc) is 3.55. The van der Waals surface area contributed by atoms with Crippen LogP contribution in [-0.2, 0) is 24.8 Å². The fourth-order valence-electron chi connectivity index (χ4n) is 4.95. The van der Waals surface area contributed by atoms with Gasteiger partial charge in [0, 0.05) is 27.8 Å². The zero-order chi connectivity index (χ0) is 26.3. The third kappa shape index (κ3) is 4.54. The minimum atomic E-state index is -0.190. The highest BCUT2D eigenvalue weighted by Gasteiger charge is 2.25. The molecule has 0 spiro atoms. The molecule has 38 heavy (non-hydrogen) atoms. The summed E-state index contributed by atoms with van der Waals surface area (Å²) in [5.74, 6) is 0.605. The molecule has 0 saturated carbocycles. The summed E-state index contributed by atoms with van der Waals surface area (Å²) in [6, 6.07) is 28.1. The molecular weight excluding hydrogens is 472 g/mol. The predicted octanol–water partition coefficient (Wildman–Crippen LogP) is 6.90. The molecule has 2 heterocycles. The first kappa shape index (κ1) is 23.9. The van der Waals surface area contributed by atoms with E-state index in [4.69, 9.17) is 9.62 Å². The molecule has 0 bridgehead atoms. The lowest BCUT2D eigenvalue weighted by atomic mass is 9.88. The Bertz CT molecular complexity index is 1610. The smallest absolute Gasteiger partial charge is 0.273 e. The molecule has 0 atom stereocenters. The number of nitrogens with one attached hydrogen (secondary N) is 1. The Labute approximate surface area is 222 Å². The number of anilines is 1. The number of carbonyl (C=O) groups is 1. The maximum atomic E-state index is 13.4. The van der Waals surface area contributed by atoms with Crippen molar-refractivity contribution in [1.82, 2.24) is 14.9 Å². The summed E-state index contributed by atoms with van der Waals surface area (Å²) in [5.41, 5.74) is 8.51. The first-order chi connectivity index (χ1) is 18.4. The molecule has 1 N–H and O–H groups in total. The van der Waals surface area contributed by atoms with Gasteiger partial charge in [-0.15, -0.1) is 0 Å². The fraction of sp³-hybridized carbons (Fsp3) is 0.219. The third-order valence-electron chi connectivity index (χ3n) is 7.07. The zero-order valence-corrected chi connectivity index (χ0v) is 21.9. The van der Waals surface area contributed by atoms with E-state index in [2.05, 4.69) is 49.4 Å². The van der Waals surface area contributed by atoms with Crippen LogP contribution in [0.4, 0.5) is 5.69 Å². The Hall–Kier alpha value is -4.45. The molecule has 0 unspecified atom stereocenters. The highest BCUT2D eigenvalue weighted by molar-refractivity contribution is 6.03. The normalized spacial score (nSPS) is 12.6. The lowest BCUT2D eigenvalue weighted by Gasteiger charge is -2.14. The summed E-state index contributed by atoms with van der Waals surface area (Å²) in [4.78, 5) is 13.4. The standard InChI is InChI=1S/C32H30N4O2/c1-32(2,3)28-19-27(36(34-28)20-21-9-5-4-6-10-21)31(37)33-24-16-13-23(14-17-24)30-26-18-15-22-11-7-8-12-25(22)29(26)35-38-30/h4-14,16-17,19H,15,18,20H2,1-3H3,(H,33,37). The molecule has 190 valence electrons. The Morgan fingerprint density at radius 3 is 2.45 bits per heavy atom. The molecule has 5 aromatic rings. The number of amides is 1. The van der Waals surface area contributed by atoms with E-state index in [0.29, 0.717) is 17.9 Å². The number of aryl methyl sites for hydroxylation is 1. The number of fused-ring (bicyclic) bond motifs is 3. The number of carbonyl (C=O) groups excluding carboxylic acids is 1. The minimum absolute atomic E-state index is 0.171. The first-order valence-electron chi connectivity index (χ1n) is 13.0. The fourth-order valence-corrected chi connectivity index (χ4v) is 4.95. The predicted molar refractivity (Wildman–Crippen MR) is 149 cm³/mol. The molecule has 6 rings (SSSR count). The SMILES string of the molecule is CC(C)(C)c1cc(C(=O)Nc2ccc(-c3onc4c3CCc3ccccc3-4)cc2)n(Cc2ccccc2)n1. The Morgan fingerprint density at radius 1 is 0.947 bits per heavy atom. The van der Waals surface area contributed by atoms with Crippen molar-refractivity contribution in [3.8, 4) is 22.6 Å². The molecule has 3 aromatic carbocycles. The molecule has 1 amide bonds. The summed E-state index contributed by atoms with van der Waals surface area (Å²) in [6.07, 6.45) is 1.87. The van der Waals surface area contributed by atoms with E-state index in [1.165, 1.54) is 5.56 Å². The molecule has 2 aromatic heterocycles. The highest BCUT2D eigenvalue weighted by atomic mass is 16.5. The van der Waals surface area contributed by atoms with E-state index < -0.39 is 0 Å². The second-order valence-electron chi connectivity index (χ2n) is 10.8. The van der Waals surface area contributed by atoms with Crippen molar-refractivity contribution in [3.05, 3.63) is 113 Å². The Balaban J connectivity index is 1.24. The number of nitrogens with zero attached hydrogens (tertiary/aromatic N) is 3. The van der Waals surface area contributed by atoms with E-state index in [-0.39, 0.29) is 11.3 Å². The van der Waals surface area contributed by atoms with Gasteiger partial charge in [-0.05, 0) is 54.3 Å². The van der Waals surface area contributed by atoms with Crippen LogP contribution in [0.3, 0.4) is 0 Å². The molecule has 1 aliphatic rings. The maximum absolute atomic E-state index is 13.4. The van der Waals surface area contributed by atoms with Crippen LogP contribution < -0.4 is 5.32 Å². The van der Waals surface area contributed by atoms with Crippen LogP contribution in [0.25, 0.3) is 22.6 Å². The summed E-state index contributed by atoms with van der Waals surface area (Å²) >= 11 is 0. The van der Waals surface area contributed by atoms with Gasteiger partial charge in [0.2, 0.25) is 0 Å². The topological polar surface area (TPSA) is 73.0 Å². The van der Waals surface area contributed by atoms with Crippen LogP contribution in [0.5, 0.6) is 0 Å². The number of rotatable bonds is 5. The average molecular weight is 503 g/mol. The van der Waals surface area contributed by atoms with Crippen LogP contribution in [0.15, 0.2) is 89.5 Å². The number of hydrogen-bond acceptors (Lipinski definition) is 4. The van der Waals surface area contributed by atoms with Gasteiger partial charge < -0.3 is 9.84 Å². The van der Waals surface area contributed by atoms with Gasteiger partial charge in [0.05, 0.1) is 12.2 Å². The lowest BCUT2D eigenvalue weighted by molar-refractivity contribution is 0.101. The zero-order valence-electron chi connectivity index (χ0n) is 21.9. The quantitative estimate of drug-likeness (QED) is 0.284. The van der Waals surface area contributed by atoms with Gasteiger partial charge in [-0.25, -0.2) is 0 Å². The molecule has 0 saturated heterocycles. The van der Waals surface area contributed by atoms with E-state index >= 15 is 0 Å². The highest BCUT2D eigenvalue weighted by Crippen LogP contribution is 2.38. The molecule has 0 radical (unpaired) electrons. The second-order valence-corrected chi connectivity index (χ2v) is 10.8. The molecular formula is C32H30N4O2. The molecule has 0 aliphatic heterocycles. The van der Waals surface area contributed by atoms with Crippen LogP contribution in [0.2, 0.25) is 0 Å². The largest absolute Gasteiger partial charge is 0.355 e. The van der Waals surface area contributed by atoms with Crippen LogP contribution >= 0.6 is 0 Å². The van der Waals surface area contributed by atoms with E-state index in [1.54, 1.807) is 4.68 Å². The van der Waals surface area contributed by atoms with Crippen molar-refractivity contribution in [2.75, 3.05) is 5.32 Å². The van der Waals surface area contributed by atoms with Gasteiger partial charge in [-0.3, -0.25) is 9.48 Å². The van der Waals surface area contributed by atoms with Crippen molar-refractivity contribution < 1.29 is 9.32 Å². The molecule has 6 heteroatoms. The Morgan fingerprint density at radius 2 is 1.68 bits per heavy atom. The Kier molecular flexibility index (Phi) is 5.95. The third-order valence-corrected chi connectivity index (χ3v) is 7.07. The summed E-state index contributed by atoms with van der Waals surface area (Å²) in [7, 11) is 0.